The molecular weight excluding hydrogens is 496 g/mol. The van der Waals surface area contributed by atoms with E-state index in [0.717, 1.165) is 11.1 Å². The number of hydrogen-bond donors (Lipinski definition) is 1. The van der Waals surface area contributed by atoms with E-state index in [0.29, 0.717) is 28.7 Å². The molecule has 0 radical (unpaired) electrons. The number of hydrogen-bond acceptors (Lipinski definition) is 8. The normalized spacial score (nSPS) is 14.7. The minimum atomic E-state index is -0.796. The summed E-state index contributed by atoms with van der Waals surface area (Å²) in [5.41, 5.74) is 7.52. The molecule has 9 heteroatoms. The Hall–Kier alpha value is -5.75. The third-order valence-corrected chi connectivity index (χ3v) is 6.54. The molecule has 39 heavy (non-hydrogen) atoms. The Morgan fingerprint density at radius 2 is 1.51 bits per heavy atom. The molecule has 2 N–H and O–H groups in total. The van der Waals surface area contributed by atoms with E-state index in [-0.39, 0.29) is 28.4 Å². The van der Waals surface area contributed by atoms with Crippen LogP contribution >= 0.6 is 0 Å². The zero-order chi connectivity index (χ0) is 26.5. The predicted octanol–water partition coefficient (Wildman–Crippen LogP) is 4.17. The van der Waals surface area contributed by atoms with Crippen molar-refractivity contribution in [2.24, 2.45) is 0 Å². The highest BCUT2D eigenvalue weighted by Crippen LogP contribution is 2.39. The molecular formula is C30H18N4O5. The summed E-state index contributed by atoms with van der Waals surface area (Å²) in [4.78, 5) is 17.5. The third kappa shape index (κ3) is 3.62. The number of fused-ring (bicyclic) bond motifs is 3. The molecule has 1 atom stereocenters. The van der Waals surface area contributed by atoms with Gasteiger partial charge in [0, 0.05) is 17.2 Å². The van der Waals surface area contributed by atoms with E-state index >= 15 is 0 Å². The minimum Gasteiger partial charge on any atom is -0.460 e. The van der Waals surface area contributed by atoms with Crippen LogP contribution < -0.4 is 22.3 Å². The number of nitrogens with two attached hydrogens (primary N) is 1. The lowest BCUT2D eigenvalue weighted by atomic mass is 9.92. The van der Waals surface area contributed by atoms with Gasteiger partial charge >= 0.3 is 5.63 Å². The molecule has 1 aliphatic rings. The summed E-state index contributed by atoms with van der Waals surface area (Å²) < 4.78 is 24.9. The maximum atomic E-state index is 13.1. The van der Waals surface area contributed by atoms with Gasteiger partial charge in [-0.3, -0.25) is 0 Å². The van der Waals surface area contributed by atoms with Crippen molar-refractivity contribution in [2.45, 2.75) is 5.92 Å². The topological polar surface area (TPSA) is 137 Å². The van der Waals surface area contributed by atoms with Gasteiger partial charge in [-0.05, 0) is 24.3 Å². The average molecular weight is 514 g/mol. The summed E-state index contributed by atoms with van der Waals surface area (Å²) in [6.07, 6.45) is 1.53. The first-order chi connectivity index (χ1) is 19.1. The Kier molecular flexibility index (Phi) is 4.99. The Bertz CT molecular complexity index is 2070. The van der Waals surface area contributed by atoms with Gasteiger partial charge in [-0.25, -0.2) is 9.36 Å². The van der Waals surface area contributed by atoms with Gasteiger partial charge in [0.05, 0.1) is 0 Å². The van der Waals surface area contributed by atoms with Gasteiger partial charge in [0.15, 0.2) is 0 Å². The van der Waals surface area contributed by atoms with Crippen LogP contribution in [0, 0.1) is 11.3 Å². The van der Waals surface area contributed by atoms with Gasteiger partial charge in [0.1, 0.15) is 51.6 Å². The van der Waals surface area contributed by atoms with Crippen LogP contribution in [0.4, 0.5) is 6.01 Å². The molecule has 0 amide bonds. The number of aromatic nitrogens is 2. The molecule has 0 unspecified atom stereocenters. The zero-order valence-corrected chi connectivity index (χ0v) is 20.2. The van der Waals surface area contributed by atoms with E-state index in [1.807, 2.05) is 72.8 Å². The standard InChI is InChI=1S/C30H18N4O5/c31-16-20-25(24-14-13-23(37-24)18-9-5-2-6-10-18)26-28(39-30(32)33-26)34-21(29(35)38-27(20)34)15-19-11-12-22(36-19)17-7-3-1-4-8-17/h1-15,25H,(H2,32,33)/b21-15+/t25-/m0/s1. The second kappa shape index (κ2) is 8.68. The van der Waals surface area contributed by atoms with Crippen molar-refractivity contribution in [3.8, 4) is 34.6 Å². The minimum absolute atomic E-state index is 0.00917. The molecule has 0 saturated carbocycles. The number of nitrogens with zero attached hydrogens (tertiary/aromatic N) is 3. The smallest absolute Gasteiger partial charge is 0.362 e. The molecule has 7 rings (SSSR count). The van der Waals surface area contributed by atoms with Gasteiger partial charge in [0.25, 0.3) is 6.01 Å². The largest absolute Gasteiger partial charge is 0.460 e. The first kappa shape index (κ1) is 22.4. The molecule has 0 aliphatic carbocycles. The number of nitriles is 1. The van der Waals surface area contributed by atoms with E-state index < -0.39 is 11.5 Å². The zero-order valence-electron chi connectivity index (χ0n) is 20.2. The summed E-state index contributed by atoms with van der Waals surface area (Å²) in [5.74, 6) is 1.46. The monoisotopic (exact) mass is 514 g/mol. The molecule has 4 aromatic heterocycles. The molecule has 0 fully saturated rings. The van der Waals surface area contributed by atoms with Crippen molar-refractivity contribution < 1.29 is 17.7 Å². The summed E-state index contributed by atoms with van der Waals surface area (Å²) in [6.45, 7) is 0. The van der Waals surface area contributed by atoms with E-state index in [4.69, 9.17) is 23.4 Å². The average Bonchev–Trinajstić information content (AvgIpc) is 3.76. The third-order valence-electron chi connectivity index (χ3n) is 6.54. The van der Waals surface area contributed by atoms with Crippen LogP contribution in [0.1, 0.15) is 23.1 Å². The van der Waals surface area contributed by atoms with E-state index in [1.165, 1.54) is 10.6 Å². The van der Waals surface area contributed by atoms with Crippen molar-refractivity contribution in [3.05, 3.63) is 123 Å². The van der Waals surface area contributed by atoms with Gasteiger partial charge in [-0.1, -0.05) is 60.7 Å². The Morgan fingerprint density at radius 1 is 0.846 bits per heavy atom. The molecule has 0 saturated heterocycles. The fourth-order valence-corrected chi connectivity index (χ4v) is 4.81. The number of anilines is 1. The lowest BCUT2D eigenvalue weighted by Crippen LogP contribution is -2.35. The van der Waals surface area contributed by atoms with Crippen LogP contribution in [0.5, 0.6) is 0 Å². The first-order valence-corrected chi connectivity index (χ1v) is 12.1. The molecule has 0 spiro atoms. The van der Waals surface area contributed by atoms with Crippen LogP contribution in [-0.2, 0) is 0 Å². The SMILES string of the molecule is N#CC1=c2oc(=O)/c(=C\c3ccc(-c4ccccc4)o3)n2-c2oc(N)nc2[C@@H]1c1ccc(-c2ccccc2)o1. The summed E-state index contributed by atoms with van der Waals surface area (Å²) in [6, 6.07) is 28.3. The Labute approximate surface area is 220 Å². The summed E-state index contributed by atoms with van der Waals surface area (Å²) >= 11 is 0. The predicted molar refractivity (Wildman–Crippen MR) is 141 cm³/mol. The number of benzene rings is 2. The molecule has 1 aliphatic heterocycles. The van der Waals surface area contributed by atoms with Crippen molar-refractivity contribution in [3.63, 3.8) is 0 Å². The van der Waals surface area contributed by atoms with E-state index in [2.05, 4.69) is 11.1 Å². The number of rotatable bonds is 4. The molecule has 9 nitrogen and oxygen atoms in total. The Balaban J connectivity index is 1.42. The first-order valence-electron chi connectivity index (χ1n) is 12.1. The molecule has 0 bridgehead atoms. The summed E-state index contributed by atoms with van der Waals surface area (Å²) in [5, 5.41) is 10.3. The van der Waals surface area contributed by atoms with Crippen LogP contribution in [0.2, 0.25) is 0 Å². The van der Waals surface area contributed by atoms with Crippen LogP contribution in [0.25, 0.3) is 40.2 Å². The van der Waals surface area contributed by atoms with E-state index in [9.17, 15) is 10.1 Å². The van der Waals surface area contributed by atoms with Crippen LogP contribution in [0.3, 0.4) is 0 Å². The van der Waals surface area contributed by atoms with Gasteiger partial charge in [-0.2, -0.15) is 10.2 Å². The fourth-order valence-electron chi connectivity index (χ4n) is 4.81. The number of furan rings is 2. The van der Waals surface area contributed by atoms with Crippen LogP contribution in [0.15, 0.2) is 107 Å². The highest BCUT2D eigenvalue weighted by molar-refractivity contribution is 5.73. The molecule has 6 aromatic rings. The van der Waals surface area contributed by atoms with Gasteiger partial charge < -0.3 is 23.4 Å². The molecule has 5 heterocycles. The maximum absolute atomic E-state index is 13.1. The number of nitrogen functional groups attached to an aromatic ring is 1. The molecule has 2 aromatic carbocycles. The maximum Gasteiger partial charge on any atom is 0.362 e. The highest BCUT2D eigenvalue weighted by atomic mass is 16.4. The summed E-state index contributed by atoms with van der Waals surface area (Å²) in [7, 11) is 0. The second-order valence-corrected chi connectivity index (χ2v) is 8.90. The van der Waals surface area contributed by atoms with Crippen molar-refractivity contribution in [1.29, 1.82) is 5.26 Å². The molecule has 188 valence electrons. The Morgan fingerprint density at radius 3 is 2.21 bits per heavy atom. The van der Waals surface area contributed by atoms with E-state index in [1.54, 1.807) is 12.1 Å². The number of oxazole rings is 2. The fraction of sp³-hybridized carbons (Fsp3) is 0.0333. The van der Waals surface area contributed by atoms with Crippen molar-refractivity contribution in [2.75, 3.05) is 5.73 Å². The van der Waals surface area contributed by atoms with Gasteiger partial charge in [-0.15, -0.1) is 0 Å². The highest BCUT2D eigenvalue weighted by Gasteiger charge is 2.38. The quantitative estimate of drug-likeness (QED) is 0.370. The van der Waals surface area contributed by atoms with Crippen molar-refractivity contribution >= 4 is 17.7 Å². The second-order valence-electron chi connectivity index (χ2n) is 8.90. The van der Waals surface area contributed by atoms with Crippen molar-refractivity contribution in [1.82, 2.24) is 9.55 Å². The lowest BCUT2D eigenvalue weighted by molar-refractivity contribution is 0.448. The van der Waals surface area contributed by atoms with Crippen LogP contribution in [-0.4, -0.2) is 9.55 Å². The lowest BCUT2D eigenvalue weighted by Gasteiger charge is -2.16. The van der Waals surface area contributed by atoms with Gasteiger partial charge in [0.2, 0.25) is 11.4 Å².